The summed E-state index contributed by atoms with van der Waals surface area (Å²) in [6.07, 6.45) is 1.36. The maximum Gasteiger partial charge on any atom is 0.265 e. The van der Waals surface area contributed by atoms with E-state index in [0.717, 1.165) is 12.0 Å². The van der Waals surface area contributed by atoms with Crippen LogP contribution in [-0.4, -0.2) is 24.5 Å². The van der Waals surface area contributed by atoms with E-state index in [9.17, 15) is 17.8 Å². The molecular formula is C20H28O4S. The van der Waals surface area contributed by atoms with Crippen LogP contribution in [0.25, 0.3) is 0 Å². The topological polar surface area (TPSA) is 71.4 Å². The lowest BCUT2D eigenvalue weighted by molar-refractivity contribution is -0.129. The molecule has 3 rings (SSSR count). The number of ketones is 1. The van der Waals surface area contributed by atoms with E-state index >= 15 is 0 Å². The molecule has 2 bridgehead atoms. The fraction of sp³-hybridized carbons (Fsp3) is 0.650. The second-order valence-corrected chi connectivity index (χ2v) is 10.8. The highest BCUT2D eigenvalue weighted by molar-refractivity contribution is 7.85. The molecule has 2 fully saturated rings. The van der Waals surface area contributed by atoms with Crippen molar-refractivity contribution in [2.45, 2.75) is 58.8 Å². The maximum absolute atomic E-state index is 13.3. The van der Waals surface area contributed by atoms with Crippen LogP contribution >= 0.6 is 0 Å². The van der Waals surface area contributed by atoms with Crippen molar-refractivity contribution in [3.63, 3.8) is 0 Å². The van der Waals surface area contributed by atoms with Gasteiger partial charge in [-0.1, -0.05) is 58.9 Å². The Morgan fingerprint density at radius 1 is 1.16 bits per heavy atom. The van der Waals surface area contributed by atoms with Gasteiger partial charge in [0.05, 0.1) is 11.2 Å². The number of carbonyl (C=O) groups excluding carboxylic acids is 1. The largest absolute Gasteiger partial charge is 0.298 e. The normalized spacial score (nSPS) is 31.5. The van der Waals surface area contributed by atoms with Crippen molar-refractivity contribution in [1.82, 2.24) is 0 Å². The standard InChI is InChI=1S/C20H28O4S/c1-18(2,3)14-8-6-13(7-9-14)16-15-10-11-20(17(16)21,19(15,4)5)12-25(22,23)24/h6-9,15-16H,10-12H2,1-5H3,(H,22,23,24). The number of rotatable bonds is 3. The molecule has 1 aromatic carbocycles. The third-order valence-electron chi connectivity index (χ3n) is 6.76. The molecule has 0 amide bonds. The summed E-state index contributed by atoms with van der Waals surface area (Å²) < 4.78 is 32.7. The first kappa shape index (κ1) is 18.6. The molecule has 0 aliphatic heterocycles. The van der Waals surface area contributed by atoms with Crippen LogP contribution in [0.3, 0.4) is 0 Å². The lowest BCUT2D eigenvalue weighted by atomic mass is 9.70. The van der Waals surface area contributed by atoms with E-state index in [1.54, 1.807) is 0 Å². The Balaban J connectivity index is 2.02. The Labute approximate surface area is 150 Å². The van der Waals surface area contributed by atoms with Gasteiger partial charge >= 0.3 is 0 Å². The zero-order valence-corrected chi connectivity index (χ0v) is 16.5. The predicted octanol–water partition coefficient (Wildman–Crippen LogP) is 3.96. The summed E-state index contributed by atoms with van der Waals surface area (Å²) in [7, 11) is -4.21. The van der Waals surface area contributed by atoms with Gasteiger partial charge in [-0.25, -0.2) is 0 Å². The van der Waals surface area contributed by atoms with Gasteiger partial charge in [0.25, 0.3) is 10.1 Å². The first-order valence-electron chi connectivity index (χ1n) is 8.89. The van der Waals surface area contributed by atoms with Crippen molar-refractivity contribution in [2.24, 2.45) is 16.7 Å². The van der Waals surface area contributed by atoms with E-state index in [0.29, 0.717) is 6.42 Å². The second-order valence-electron chi connectivity index (χ2n) is 9.39. The van der Waals surface area contributed by atoms with E-state index in [1.165, 1.54) is 5.56 Å². The van der Waals surface area contributed by atoms with Crippen molar-refractivity contribution >= 4 is 15.9 Å². The minimum Gasteiger partial charge on any atom is -0.298 e. The zero-order chi connectivity index (χ0) is 18.8. The van der Waals surface area contributed by atoms with Crippen LogP contribution in [0.5, 0.6) is 0 Å². The third-order valence-corrected chi connectivity index (χ3v) is 7.62. The van der Waals surface area contributed by atoms with Crippen molar-refractivity contribution < 1.29 is 17.8 Å². The molecule has 0 spiro atoms. The smallest absolute Gasteiger partial charge is 0.265 e. The third kappa shape index (κ3) is 2.76. The molecule has 2 aliphatic rings. The fourth-order valence-electron chi connectivity index (χ4n) is 5.16. The zero-order valence-electron chi connectivity index (χ0n) is 15.7. The van der Waals surface area contributed by atoms with E-state index in [2.05, 4.69) is 32.9 Å². The number of carbonyl (C=O) groups is 1. The molecule has 3 unspecified atom stereocenters. The average molecular weight is 365 g/mol. The molecule has 2 aliphatic carbocycles. The number of hydrogen-bond acceptors (Lipinski definition) is 3. The fourth-order valence-corrected chi connectivity index (χ4v) is 6.44. The van der Waals surface area contributed by atoms with Crippen LogP contribution in [0.4, 0.5) is 0 Å². The van der Waals surface area contributed by atoms with Crippen molar-refractivity contribution in [1.29, 1.82) is 0 Å². The minimum absolute atomic E-state index is 0.0186. The molecule has 1 aromatic rings. The quantitative estimate of drug-likeness (QED) is 0.824. The molecule has 4 nitrogen and oxygen atoms in total. The molecule has 138 valence electrons. The Morgan fingerprint density at radius 2 is 1.72 bits per heavy atom. The van der Waals surface area contributed by atoms with Gasteiger partial charge in [-0.3, -0.25) is 9.35 Å². The maximum atomic E-state index is 13.3. The number of fused-ring (bicyclic) bond motifs is 2. The van der Waals surface area contributed by atoms with Gasteiger partial charge in [-0.2, -0.15) is 8.42 Å². The molecular weight excluding hydrogens is 336 g/mol. The summed E-state index contributed by atoms with van der Waals surface area (Å²) >= 11 is 0. The lowest BCUT2D eigenvalue weighted by Crippen LogP contribution is -2.42. The van der Waals surface area contributed by atoms with Crippen LogP contribution in [0.1, 0.15) is 64.5 Å². The Bertz CT molecular complexity index is 799. The van der Waals surface area contributed by atoms with Crippen LogP contribution in [0.2, 0.25) is 0 Å². The molecule has 0 radical (unpaired) electrons. The summed E-state index contributed by atoms with van der Waals surface area (Å²) in [6.45, 7) is 10.4. The Hall–Kier alpha value is -1.20. The molecule has 3 atom stereocenters. The lowest BCUT2D eigenvalue weighted by Gasteiger charge is -2.35. The van der Waals surface area contributed by atoms with Gasteiger partial charge in [0.1, 0.15) is 5.78 Å². The van der Waals surface area contributed by atoms with E-state index in [4.69, 9.17) is 0 Å². The second kappa shape index (κ2) is 5.40. The van der Waals surface area contributed by atoms with Gasteiger partial charge in [-0.15, -0.1) is 0 Å². The Morgan fingerprint density at radius 3 is 2.20 bits per heavy atom. The molecule has 0 aromatic heterocycles. The SMILES string of the molecule is CC(C)(C)c1ccc(C2C(=O)C3(CS(=O)(=O)O)CCC2C3(C)C)cc1. The first-order valence-corrected chi connectivity index (χ1v) is 10.5. The van der Waals surface area contributed by atoms with Gasteiger partial charge < -0.3 is 0 Å². The van der Waals surface area contributed by atoms with Crippen molar-refractivity contribution in [3.05, 3.63) is 35.4 Å². The molecule has 1 N–H and O–H groups in total. The molecule has 2 saturated carbocycles. The summed E-state index contributed by atoms with van der Waals surface area (Å²) in [5, 5.41) is 0. The Kier molecular flexibility index (Phi) is 4.01. The molecule has 0 saturated heterocycles. The first-order chi connectivity index (χ1) is 11.3. The van der Waals surface area contributed by atoms with E-state index in [-0.39, 0.29) is 23.0 Å². The highest BCUT2D eigenvalue weighted by Gasteiger charge is 2.69. The predicted molar refractivity (Wildman–Crippen MR) is 98.2 cm³/mol. The average Bonchev–Trinajstić information content (AvgIpc) is 2.78. The summed E-state index contributed by atoms with van der Waals surface area (Å²) in [4.78, 5) is 13.3. The minimum atomic E-state index is -4.21. The highest BCUT2D eigenvalue weighted by Crippen LogP contribution is 2.68. The summed E-state index contributed by atoms with van der Waals surface area (Å²) in [6, 6.07) is 8.16. The number of Topliss-reactive ketones (excluding diaryl/α,β-unsaturated/α-hetero) is 1. The molecule has 0 heterocycles. The van der Waals surface area contributed by atoms with Gasteiger partial charge in [0.15, 0.2) is 0 Å². The van der Waals surface area contributed by atoms with E-state index in [1.807, 2.05) is 26.0 Å². The van der Waals surface area contributed by atoms with Crippen molar-refractivity contribution in [3.8, 4) is 0 Å². The van der Waals surface area contributed by atoms with Gasteiger partial charge in [0, 0.05) is 5.92 Å². The van der Waals surface area contributed by atoms with Crippen molar-refractivity contribution in [2.75, 3.05) is 5.75 Å². The molecule has 5 heteroatoms. The van der Waals surface area contributed by atoms with Gasteiger partial charge in [0.2, 0.25) is 0 Å². The van der Waals surface area contributed by atoms with Crippen LogP contribution in [0.15, 0.2) is 24.3 Å². The van der Waals surface area contributed by atoms with E-state index < -0.39 is 26.7 Å². The van der Waals surface area contributed by atoms with Crippen LogP contribution < -0.4 is 0 Å². The van der Waals surface area contributed by atoms with Crippen LogP contribution in [0, 0.1) is 16.7 Å². The monoisotopic (exact) mass is 364 g/mol. The number of hydrogen-bond donors (Lipinski definition) is 1. The summed E-state index contributed by atoms with van der Waals surface area (Å²) in [5.74, 6) is -0.643. The molecule has 25 heavy (non-hydrogen) atoms. The summed E-state index contributed by atoms with van der Waals surface area (Å²) in [5.41, 5.74) is 0.806. The van der Waals surface area contributed by atoms with Crippen LogP contribution in [-0.2, 0) is 20.3 Å². The number of benzene rings is 1. The van der Waals surface area contributed by atoms with Gasteiger partial charge in [-0.05, 0) is 40.7 Å². The highest BCUT2D eigenvalue weighted by atomic mass is 32.2.